The molecule has 0 saturated carbocycles. The minimum atomic E-state index is -0.932. The summed E-state index contributed by atoms with van der Waals surface area (Å²) in [6, 6.07) is 4.23. The van der Waals surface area contributed by atoms with E-state index < -0.39 is 11.8 Å². The summed E-state index contributed by atoms with van der Waals surface area (Å²) in [5.74, 6) is -1.64. The lowest BCUT2D eigenvalue weighted by molar-refractivity contribution is -0.137. The molecule has 0 spiro atoms. The lowest BCUT2D eigenvalue weighted by atomic mass is 9.85. The molecule has 0 saturated heterocycles. The Morgan fingerprint density at radius 2 is 2.12 bits per heavy atom. The topological polar surface area (TPSA) is 37.3 Å². The van der Waals surface area contributed by atoms with E-state index >= 15 is 0 Å². The van der Waals surface area contributed by atoms with E-state index in [-0.39, 0.29) is 18.3 Å². The van der Waals surface area contributed by atoms with Gasteiger partial charge in [-0.25, -0.2) is 4.39 Å². The fourth-order valence-electron chi connectivity index (χ4n) is 1.69. The molecule has 0 aliphatic rings. The average molecular weight is 245 g/mol. The van der Waals surface area contributed by atoms with Gasteiger partial charge < -0.3 is 5.11 Å². The van der Waals surface area contributed by atoms with Crippen LogP contribution in [0, 0.1) is 11.7 Å². The molecule has 1 rings (SSSR count). The highest BCUT2D eigenvalue weighted by Gasteiger charge is 2.22. The highest BCUT2D eigenvalue weighted by molar-refractivity contribution is 6.30. The van der Waals surface area contributed by atoms with Crippen LogP contribution in [-0.2, 0) is 4.79 Å². The Labute approximate surface area is 99.0 Å². The van der Waals surface area contributed by atoms with Gasteiger partial charge in [-0.1, -0.05) is 25.4 Å². The fourth-order valence-corrected chi connectivity index (χ4v) is 1.87. The van der Waals surface area contributed by atoms with Crippen LogP contribution in [0.1, 0.15) is 31.7 Å². The minimum absolute atomic E-state index is 0.0454. The molecular weight excluding hydrogens is 231 g/mol. The third kappa shape index (κ3) is 3.20. The highest BCUT2D eigenvalue weighted by Crippen LogP contribution is 2.31. The van der Waals surface area contributed by atoms with Crippen molar-refractivity contribution in [3.05, 3.63) is 34.6 Å². The molecule has 4 heteroatoms. The number of halogens is 2. The van der Waals surface area contributed by atoms with Crippen LogP contribution in [0.4, 0.5) is 4.39 Å². The summed E-state index contributed by atoms with van der Waals surface area (Å²) in [7, 11) is 0. The van der Waals surface area contributed by atoms with Crippen LogP contribution in [0.3, 0.4) is 0 Å². The molecule has 0 aliphatic heterocycles. The third-order valence-corrected chi connectivity index (χ3v) is 2.79. The molecule has 1 N–H and O–H groups in total. The number of aliphatic carboxylic acids is 1. The van der Waals surface area contributed by atoms with E-state index in [1.54, 1.807) is 0 Å². The monoisotopic (exact) mass is 244 g/mol. The Morgan fingerprint density at radius 3 is 2.62 bits per heavy atom. The molecule has 2 nitrogen and oxygen atoms in total. The van der Waals surface area contributed by atoms with E-state index in [0.717, 1.165) is 0 Å². The minimum Gasteiger partial charge on any atom is -0.481 e. The van der Waals surface area contributed by atoms with Crippen LogP contribution in [0.15, 0.2) is 18.2 Å². The number of rotatable bonds is 4. The molecule has 1 aromatic carbocycles. The van der Waals surface area contributed by atoms with E-state index in [1.807, 2.05) is 13.8 Å². The zero-order chi connectivity index (χ0) is 12.3. The van der Waals surface area contributed by atoms with E-state index in [4.69, 9.17) is 16.7 Å². The molecule has 0 radical (unpaired) electrons. The normalized spacial score (nSPS) is 12.8. The quantitative estimate of drug-likeness (QED) is 0.877. The Kier molecular flexibility index (Phi) is 4.30. The van der Waals surface area contributed by atoms with Crippen LogP contribution < -0.4 is 0 Å². The summed E-state index contributed by atoms with van der Waals surface area (Å²) >= 11 is 5.79. The van der Waals surface area contributed by atoms with Crippen LogP contribution in [0.2, 0.25) is 5.02 Å². The number of hydrogen-bond acceptors (Lipinski definition) is 1. The lowest BCUT2D eigenvalue weighted by Gasteiger charge is -2.20. The van der Waals surface area contributed by atoms with Crippen molar-refractivity contribution < 1.29 is 14.3 Å². The number of carboxylic acid groups (broad SMARTS) is 1. The summed E-state index contributed by atoms with van der Waals surface area (Å²) in [5, 5.41) is 9.22. The smallest absolute Gasteiger partial charge is 0.303 e. The average Bonchev–Trinajstić information content (AvgIpc) is 2.18. The van der Waals surface area contributed by atoms with Crippen molar-refractivity contribution in [2.24, 2.45) is 5.92 Å². The molecule has 16 heavy (non-hydrogen) atoms. The maximum atomic E-state index is 13.6. The summed E-state index contributed by atoms with van der Waals surface area (Å²) in [4.78, 5) is 10.7. The van der Waals surface area contributed by atoms with Gasteiger partial charge in [-0.3, -0.25) is 4.79 Å². The molecule has 0 aromatic heterocycles. The maximum absolute atomic E-state index is 13.6. The van der Waals surface area contributed by atoms with Crippen LogP contribution in [-0.4, -0.2) is 11.1 Å². The predicted molar refractivity (Wildman–Crippen MR) is 61.2 cm³/mol. The Hall–Kier alpha value is -1.09. The van der Waals surface area contributed by atoms with Crippen molar-refractivity contribution in [1.29, 1.82) is 0 Å². The molecule has 1 atom stereocenters. The second kappa shape index (κ2) is 5.30. The molecule has 0 aliphatic carbocycles. The molecule has 0 fully saturated rings. The van der Waals surface area contributed by atoms with Gasteiger partial charge >= 0.3 is 5.97 Å². The SMILES string of the molecule is CC(C)C(CC(=O)O)c1cc(Cl)ccc1F. The second-order valence-corrected chi connectivity index (χ2v) is 4.55. The van der Waals surface area contributed by atoms with Crippen molar-refractivity contribution in [2.45, 2.75) is 26.2 Å². The van der Waals surface area contributed by atoms with Gasteiger partial charge in [0, 0.05) is 5.02 Å². The van der Waals surface area contributed by atoms with E-state index in [9.17, 15) is 9.18 Å². The Balaban J connectivity index is 3.09. The predicted octanol–water partition coefficient (Wildman–Crippen LogP) is 3.69. The van der Waals surface area contributed by atoms with Crippen molar-refractivity contribution in [2.75, 3.05) is 0 Å². The largest absolute Gasteiger partial charge is 0.481 e. The third-order valence-electron chi connectivity index (χ3n) is 2.56. The molecule has 1 unspecified atom stereocenters. The van der Waals surface area contributed by atoms with Crippen LogP contribution in [0.25, 0.3) is 0 Å². The summed E-state index contributed by atoms with van der Waals surface area (Å²) in [6.07, 6.45) is -0.0884. The molecule has 0 amide bonds. The standard InChI is InChI=1S/C12H14ClFO2/c1-7(2)9(6-12(15)16)10-5-8(13)3-4-11(10)14/h3-5,7,9H,6H2,1-2H3,(H,15,16). The Bertz CT molecular complexity index is 391. The van der Waals surface area contributed by atoms with Gasteiger partial charge in [-0.15, -0.1) is 0 Å². The van der Waals surface area contributed by atoms with Gasteiger partial charge in [0.2, 0.25) is 0 Å². The van der Waals surface area contributed by atoms with Gasteiger partial charge in [0.05, 0.1) is 6.42 Å². The number of hydrogen-bond donors (Lipinski definition) is 1. The second-order valence-electron chi connectivity index (χ2n) is 4.11. The maximum Gasteiger partial charge on any atom is 0.303 e. The number of carboxylic acids is 1. The van der Waals surface area contributed by atoms with E-state index in [1.165, 1.54) is 18.2 Å². The lowest BCUT2D eigenvalue weighted by Crippen LogP contribution is -2.13. The number of carbonyl (C=O) groups is 1. The summed E-state index contributed by atoms with van der Waals surface area (Å²) in [6.45, 7) is 3.74. The van der Waals surface area contributed by atoms with Crippen molar-refractivity contribution in [1.82, 2.24) is 0 Å². The van der Waals surface area contributed by atoms with Gasteiger partial charge in [0.1, 0.15) is 5.82 Å². The first-order valence-electron chi connectivity index (χ1n) is 5.08. The van der Waals surface area contributed by atoms with Gasteiger partial charge in [0.15, 0.2) is 0 Å². The summed E-state index contributed by atoms with van der Waals surface area (Å²) in [5.41, 5.74) is 0.380. The zero-order valence-corrected chi connectivity index (χ0v) is 9.96. The van der Waals surface area contributed by atoms with Crippen LogP contribution in [0.5, 0.6) is 0 Å². The summed E-state index contributed by atoms with van der Waals surface area (Å²) < 4.78 is 13.6. The first-order chi connectivity index (χ1) is 7.41. The van der Waals surface area contributed by atoms with Crippen molar-refractivity contribution in [3.8, 4) is 0 Å². The zero-order valence-electron chi connectivity index (χ0n) is 9.21. The van der Waals surface area contributed by atoms with E-state index in [0.29, 0.717) is 10.6 Å². The molecular formula is C12H14ClFO2. The van der Waals surface area contributed by atoms with Gasteiger partial charge in [0.25, 0.3) is 0 Å². The van der Waals surface area contributed by atoms with Crippen molar-refractivity contribution in [3.63, 3.8) is 0 Å². The van der Waals surface area contributed by atoms with Crippen LogP contribution >= 0.6 is 11.6 Å². The number of benzene rings is 1. The first kappa shape index (κ1) is 13.0. The van der Waals surface area contributed by atoms with Gasteiger partial charge in [-0.2, -0.15) is 0 Å². The van der Waals surface area contributed by atoms with E-state index in [2.05, 4.69) is 0 Å². The Morgan fingerprint density at radius 1 is 1.50 bits per heavy atom. The van der Waals surface area contributed by atoms with Gasteiger partial charge in [-0.05, 0) is 35.6 Å². The molecule has 88 valence electrons. The molecule has 1 aromatic rings. The molecule has 0 heterocycles. The fraction of sp³-hybridized carbons (Fsp3) is 0.417. The van der Waals surface area contributed by atoms with Crippen molar-refractivity contribution >= 4 is 17.6 Å². The first-order valence-corrected chi connectivity index (χ1v) is 5.46. The molecule has 0 bridgehead atoms. The highest BCUT2D eigenvalue weighted by atomic mass is 35.5.